The predicted octanol–water partition coefficient (Wildman–Crippen LogP) is 3.93. The van der Waals surface area contributed by atoms with E-state index in [0.717, 1.165) is 12.0 Å². The SMILES string of the molecule is CCc1ccc([C@H](NC(=O)C2CCN(S(=O)(=O)c3ccc4c(c3)OCCO4)CC2)C(C)C)cc1. The first-order valence-electron chi connectivity index (χ1n) is 12.1. The third kappa shape index (κ3) is 5.23. The van der Waals surface area contributed by atoms with Crippen LogP contribution in [-0.4, -0.2) is 44.9 Å². The molecule has 1 atom stereocenters. The van der Waals surface area contributed by atoms with E-state index in [2.05, 4.69) is 50.4 Å². The fraction of sp³-hybridized carbons (Fsp3) is 0.500. The highest BCUT2D eigenvalue weighted by Gasteiger charge is 2.34. The molecule has 1 saturated heterocycles. The average molecular weight is 487 g/mol. The van der Waals surface area contributed by atoms with Crippen molar-refractivity contribution in [3.05, 3.63) is 53.6 Å². The number of amides is 1. The van der Waals surface area contributed by atoms with Gasteiger partial charge in [0, 0.05) is 25.1 Å². The Hall–Kier alpha value is -2.58. The first kappa shape index (κ1) is 24.5. The van der Waals surface area contributed by atoms with Crippen LogP contribution in [0.1, 0.15) is 50.8 Å². The molecule has 184 valence electrons. The lowest BCUT2D eigenvalue weighted by Crippen LogP contribution is -2.44. The molecule has 0 unspecified atom stereocenters. The third-order valence-corrected chi connectivity index (χ3v) is 8.58. The molecule has 0 aliphatic carbocycles. The molecule has 2 aliphatic rings. The van der Waals surface area contributed by atoms with Gasteiger partial charge >= 0.3 is 0 Å². The summed E-state index contributed by atoms with van der Waals surface area (Å²) >= 11 is 0. The summed E-state index contributed by atoms with van der Waals surface area (Å²) in [6.07, 6.45) is 1.97. The molecule has 0 aromatic heterocycles. The molecule has 7 nitrogen and oxygen atoms in total. The predicted molar refractivity (Wildman–Crippen MR) is 130 cm³/mol. The molecule has 34 heavy (non-hydrogen) atoms. The molecule has 4 rings (SSSR count). The minimum atomic E-state index is -3.66. The molecule has 8 heteroatoms. The van der Waals surface area contributed by atoms with Crippen LogP contribution in [0.5, 0.6) is 11.5 Å². The van der Waals surface area contributed by atoms with E-state index in [4.69, 9.17) is 9.47 Å². The number of hydrogen-bond donors (Lipinski definition) is 1. The maximum atomic E-state index is 13.2. The van der Waals surface area contributed by atoms with Crippen LogP contribution in [0.15, 0.2) is 47.4 Å². The first-order valence-corrected chi connectivity index (χ1v) is 13.5. The second-order valence-electron chi connectivity index (χ2n) is 9.31. The molecule has 1 N–H and O–H groups in total. The lowest BCUT2D eigenvalue weighted by atomic mass is 9.92. The van der Waals surface area contributed by atoms with E-state index in [1.807, 2.05) is 0 Å². The highest BCUT2D eigenvalue weighted by molar-refractivity contribution is 7.89. The molecule has 1 fully saturated rings. The number of nitrogens with zero attached hydrogens (tertiary/aromatic N) is 1. The van der Waals surface area contributed by atoms with Crippen molar-refractivity contribution in [2.45, 2.75) is 51.0 Å². The van der Waals surface area contributed by atoms with Gasteiger partial charge in [0.05, 0.1) is 10.9 Å². The fourth-order valence-corrected chi connectivity index (χ4v) is 6.04. The Kier molecular flexibility index (Phi) is 7.48. The highest BCUT2D eigenvalue weighted by atomic mass is 32.2. The molecule has 0 bridgehead atoms. The lowest BCUT2D eigenvalue weighted by Gasteiger charge is -2.32. The van der Waals surface area contributed by atoms with E-state index in [1.54, 1.807) is 12.1 Å². The Balaban J connectivity index is 1.39. The summed E-state index contributed by atoms with van der Waals surface area (Å²) in [6, 6.07) is 13.0. The van der Waals surface area contributed by atoms with Gasteiger partial charge in [0.1, 0.15) is 13.2 Å². The van der Waals surface area contributed by atoms with Crippen molar-refractivity contribution < 1.29 is 22.7 Å². The average Bonchev–Trinajstić information content (AvgIpc) is 2.86. The molecular formula is C26H34N2O5S. The van der Waals surface area contributed by atoms with Gasteiger partial charge in [-0.15, -0.1) is 0 Å². The maximum Gasteiger partial charge on any atom is 0.243 e. The molecule has 2 heterocycles. The summed E-state index contributed by atoms with van der Waals surface area (Å²) in [5, 5.41) is 3.22. The number of nitrogens with one attached hydrogen (secondary N) is 1. The van der Waals surface area contributed by atoms with Gasteiger partial charge in [-0.25, -0.2) is 8.42 Å². The quantitative estimate of drug-likeness (QED) is 0.641. The highest BCUT2D eigenvalue weighted by Crippen LogP contribution is 2.34. The van der Waals surface area contributed by atoms with Crippen LogP contribution in [0, 0.1) is 11.8 Å². The van der Waals surface area contributed by atoms with Crippen molar-refractivity contribution in [3.8, 4) is 11.5 Å². The molecule has 2 aromatic carbocycles. The molecule has 0 radical (unpaired) electrons. The zero-order valence-corrected chi connectivity index (χ0v) is 20.9. The number of rotatable bonds is 7. The Bertz CT molecular complexity index is 1110. The number of hydrogen-bond acceptors (Lipinski definition) is 5. The maximum absolute atomic E-state index is 13.2. The number of aryl methyl sites for hydroxylation is 1. The smallest absolute Gasteiger partial charge is 0.243 e. The Morgan fingerprint density at radius 1 is 1.03 bits per heavy atom. The second kappa shape index (κ2) is 10.4. The third-order valence-electron chi connectivity index (χ3n) is 6.69. The summed E-state index contributed by atoms with van der Waals surface area (Å²) in [7, 11) is -3.66. The number of carbonyl (C=O) groups is 1. The molecule has 0 spiro atoms. The molecule has 2 aliphatic heterocycles. The number of benzene rings is 2. The number of carbonyl (C=O) groups excluding carboxylic acids is 1. The number of sulfonamides is 1. The van der Waals surface area contributed by atoms with Crippen molar-refractivity contribution in [1.82, 2.24) is 9.62 Å². The van der Waals surface area contributed by atoms with Crippen molar-refractivity contribution in [2.75, 3.05) is 26.3 Å². The van der Waals surface area contributed by atoms with Crippen LogP contribution < -0.4 is 14.8 Å². The molecular weight excluding hydrogens is 452 g/mol. The Morgan fingerprint density at radius 3 is 2.29 bits per heavy atom. The normalized spacial score (nSPS) is 18.0. The zero-order valence-electron chi connectivity index (χ0n) is 20.1. The van der Waals surface area contributed by atoms with Gasteiger partial charge in [-0.1, -0.05) is 45.0 Å². The lowest BCUT2D eigenvalue weighted by molar-refractivity contribution is -0.127. The van der Waals surface area contributed by atoms with E-state index < -0.39 is 10.0 Å². The van der Waals surface area contributed by atoms with Gasteiger partial charge in [0.2, 0.25) is 15.9 Å². The standard InChI is InChI=1S/C26H34N2O5S/c1-4-19-5-7-20(8-6-19)25(18(2)3)27-26(29)21-11-13-28(14-12-21)34(30,31)22-9-10-23-24(17-22)33-16-15-32-23/h5-10,17-18,21,25H,4,11-16H2,1-3H3,(H,27,29)/t25-/m1/s1. The van der Waals surface area contributed by atoms with Crippen LogP contribution in [0.25, 0.3) is 0 Å². The first-order chi connectivity index (χ1) is 16.3. The van der Waals surface area contributed by atoms with Gasteiger partial charge in [0.15, 0.2) is 11.5 Å². The number of piperidine rings is 1. The zero-order chi connectivity index (χ0) is 24.3. The van der Waals surface area contributed by atoms with Gasteiger partial charge in [-0.05, 0) is 48.4 Å². The monoisotopic (exact) mass is 486 g/mol. The van der Waals surface area contributed by atoms with Crippen LogP contribution in [0.2, 0.25) is 0 Å². The summed E-state index contributed by atoms with van der Waals surface area (Å²) in [4.78, 5) is 13.3. The van der Waals surface area contributed by atoms with E-state index in [1.165, 1.54) is 15.9 Å². The van der Waals surface area contributed by atoms with E-state index in [9.17, 15) is 13.2 Å². The minimum Gasteiger partial charge on any atom is -0.486 e. The Morgan fingerprint density at radius 2 is 1.68 bits per heavy atom. The summed E-state index contributed by atoms with van der Waals surface area (Å²) in [6.45, 7) is 7.80. The fourth-order valence-electron chi connectivity index (χ4n) is 4.56. The molecule has 0 saturated carbocycles. The molecule has 2 aromatic rings. The van der Waals surface area contributed by atoms with Crippen LogP contribution in [-0.2, 0) is 21.2 Å². The minimum absolute atomic E-state index is 0.00496. The van der Waals surface area contributed by atoms with Crippen LogP contribution in [0.3, 0.4) is 0 Å². The van der Waals surface area contributed by atoms with Gasteiger partial charge in [0.25, 0.3) is 0 Å². The van der Waals surface area contributed by atoms with Crippen molar-refractivity contribution in [1.29, 1.82) is 0 Å². The van der Waals surface area contributed by atoms with Crippen molar-refractivity contribution in [3.63, 3.8) is 0 Å². The number of ether oxygens (including phenoxy) is 2. The summed E-state index contributed by atoms with van der Waals surface area (Å²) in [5.41, 5.74) is 2.36. The van der Waals surface area contributed by atoms with Crippen molar-refractivity contribution >= 4 is 15.9 Å². The second-order valence-corrected chi connectivity index (χ2v) is 11.2. The topological polar surface area (TPSA) is 84.9 Å². The van der Waals surface area contributed by atoms with E-state index in [-0.39, 0.29) is 28.7 Å². The van der Waals surface area contributed by atoms with Crippen molar-refractivity contribution in [2.24, 2.45) is 11.8 Å². The van der Waals surface area contributed by atoms with Gasteiger partial charge in [-0.2, -0.15) is 4.31 Å². The summed E-state index contributed by atoms with van der Waals surface area (Å²) in [5.74, 6) is 1.04. The van der Waals surface area contributed by atoms with E-state index in [0.29, 0.717) is 50.6 Å². The largest absolute Gasteiger partial charge is 0.486 e. The van der Waals surface area contributed by atoms with Gasteiger partial charge < -0.3 is 14.8 Å². The summed E-state index contributed by atoms with van der Waals surface area (Å²) < 4.78 is 38.9. The molecule has 1 amide bonds. The number of fused-ring (bicyclic) bond motifs is 1. The van der Waals surface area contributed by atoms with Gasteiger partial charge in [-0.3, -0.25) is 4.79 Å². The van der Waals surface area contributed by atoms with Crippen LogP contribution >= 0.6 is 0 Å². The van der Waals surface area contributed by atoms with E-state index >= 15 is 0 Å². The Labute approximate surface area is 202 Å². The van der Waals surface area contributed by atoms with Crippen LogP contribution in [0.4, 0.5) is 0 Å².